The Morgan fingerprint density at radius 1 is 1.35 bits per heavy atom. The van der Waals surface area contributed by atoms with E-state index in [1.807, 2.05) is 0 Å². The van der Waals surface area contributed by atoms with E-state index < -0.39 is 0 Å². The van der Waals surface area contributed by atoms with Crippen molar-refractivity contribution in [1.29, 1.82) is 0 Å². The van der Waals surface area contributed by atoms with E-state index in [1.54, 1.807) is 0 Å². The van der Waals surface area contributed by atoms with Gasteiger partial charge in [-0.3, -0.25) is 4.68 Å². The lowest BCUT2D eigenvalue weighted by molar-refractivity contribution is 0.590. The van der Waals surface area contributed by atoms with Crippen LogP contribution in [0.4, 0.5) is 0 Å². The Balaban J connectivity index is 2.18. The number of aryl methyl sites for hydroxylation is 2. The number of nitrogens with one attached hydrogen (secondary N) is 1. The molecular weight excluding hydrogens is 246 g/mol. The van der Waals surface area contributed by atoms with Gasteiger partial charge in [-0.15, -0.1) is 0 Å². The average Bonchev–Trinajstić information content (AvgIpc) is 2.99. The van der Waals surface area contributed by atoms with Gasteiger partial charge in [0.2, 0.25) is 0 Å². The molecule has 1 aliphatic carbocycles. The van der Waals surface area contributed by atoms with Crippen LogP contribution in [0.25, 0.3) is 11.1 Å². The predicted octanol–water partition coefficient (Wildman–Crippen LogP) is 3.39. The molecule has 3 nitrogen and oxygen atoms in total. The first-order valence-corrected chi connectivity index (χ1v) is 7.50. The Morgan fingerprint density at radius 2 is 2.15 bits per heavy atom. The molecule has 3 heteroatoms. The topological polar surface area (TPSA) is 29.9 Å². The molecule has 2 aromatic rings. The number of aromatic nitrogens is 2. The van der Waals surface area contributed by atoms with Crippen molar-refractivity contribution in [2.45, 2.75) is 46.2 Å². The SMILES string of the molecule is CCn1nc(C)c(-c2cccc3c2CCC3NC)c1C. The first-order valence-electron chi connectivity index (χ1n) is 7.50. The lowest BCUT2D eigenvalue weighted by Crippen LogP contribution is -2.12. The van der Waals surface area contributed by atoms with Crippen molar-refractivity contribution in [3.8, 4) is 11.1 Å². The van der Waals surface area contributed by atoms with Gasteiger partial charge in [0, 0.05) is 23.8 Å². The molecule has 0 saturated carbocycles. The molecule has 1 aliphatic rings. The van der Waals surface area contributed by atoms with E-state index in [1.165, 1.54) is 34.4 Å². The monoisotopic (exact) mass is 269 g/mol. The molecule has 0 radical (unpaired) electrons. The number of hydrogen-bond acceptors (Lipinski definition) is 2. The lowest BCUT2D eigenvalue weighted by atomic mass is 9.95. The summed E-state index contributed by atoms with van der Waals surface area (Å²) in [7, 11) is 2.05. The second-order valence-corrected chi connectivity index (χ2v) is 5.61. The van der Waals surface area contributed by atoms with Crippen LogP contribution in [0, 0.1) is 13.8 Å². The quantitative estimate of drug-likeness (QED) is 0.925. The smallest absolute Gasteiger partial charge is 0.0675 e. The maximum absolute atomic E-state index is 4.67. The second kappa shape index (κ2) is 5.06. The Bertz CT molecular complexity index is 640. The number of fused-ring (bicyclic) bond motifs is 1. The fourth-order valence-electron chi connectivity index (χ4n) is 3.58. The fraction of sp³-hybridized carbons (Fsp3) is 0.471. The second-order valence-electron chi connectivity index (χ2n) is 5.61. The Labute approximate surface area is 121 Å². The largest absolute Gasteiger partial charge is 0.313 e. The van der Waals surface area contributed by atoms with Crippen LogP contribution in [0.15, 0.2) is 18.2 Å². The predicted molar refractivity (Wildman–Crippen MR) is 82.9 cm³/mol. The third kappa shape index (κ3) is 1.88. The minimum atomic E-state index is 0.506. The van der Waals surface area contributed by atoms with Gasteiger partial charge in [-0.1, -0.05) is 18.2 Å². The highest BCUT2D eigenvalue weighted by molar-refractivity contribution is 5.74. The van der Waals surface area contributed by atoms with Gasteiger partial charge in [0.15, 0.2) is 0 Å². The third-order valence-electron chi connectivity index (χ3n) is 4.57. The van der Waals surface area contributed by atoms with Gasteiger partial charge < -0.3 is 5.32 Å². The minimum absolute atomic E-state index is 0.506. The zero-order chi connectivity index (χ0) is 14.3. The van der Waals surface area contributed by atoms with Crippen molar-refractivity contribution in [2.75, 3.05) is 7.05 Å². The molecule has 0 amide bonds. The normalized spacial score (nSPS) is 17.5. The highest BCUT2D eigenvalue weighted by Crippen LogP contribution is 2.39. The summed E-state index contributed by atoms with van der Waals surface area (Å²) in [5.74, 6) is 0. The van der Waals surface area contributed by atoms with Gasteiger partial charge in [-0.25, -0.2) is 0 Å². The average molecular weight is 269 g/mol. The van der Waals surface area contributed by atoms with Crippen LogP contribution >= 0.6 is 0 Å². The van der Waals surface area contributed by atoms with Gasteiger partial charge in [-0.2, -0.15) is 5.10 Å². The van der Waals surface area contributed by atoms with Gasteiger partial charge in [-0.05, 0) is 57.4 Å². The standard InChI is InChI=1S/C17H23N3/c1-5-20-12(3)17(11(2)19-20)15-8-6-7-14-13(15)9-10-16(14)18-4/h6-8,16,18H,5,9-10H2,1-4H3. The number of nitrogens with zero attached hydrogens (tertiary/aromatic N) is 2. The van der Waals surface area contributed by atoms with Crippen LogP contribution in [0.3, 0.4) is 0 Å². The highest BCUT2D eigenvalue weighted by atomic mass is 15.3. The van der Waals surface area contributed by atoms with Gasteiger partial charge in [0.05, 0.1) is 5.69 Å². The molecule has 0 fully saturated rings. The summed E-state index contributed by atoms with van der Waals surface area (Å²) >= 11 is 0. The first kappa shape index (κ1) is 13.4. The van der Waals surface area contributed by atoms with E-state index in [4.69, 9.17) is 0 Å². The summed E-state index contributed by atoms with van der Waals surface area (Å²) in [4.78, 5) is 0. The Kier molecular flexibility index (Phi) is 3.38. The molecule has 1 aromatic carbocycles. The fourth-order valence-corrected chi connectivity index (χ4v) is 3.58. The van der Waals surface area contributed by atoms with Crippen LogP contribution in [-0.4, -0.2) is 16.8 Å². The van der Waals surface area contributed by atoms with Crippen LogP contribution < -0.4 is 5.32 Å². The number of benzene rings is 1. The third-order valence-corrected chi connectivity index (χ3v) is 4.57. The van der Waals surface area contributed by atoms with Gasteiger partial charge in [0.25, 0.3) is 0 Å². The van der Waals surface area contributed by atoms with Gasteiger partial charge >= 0.3 is 0 Å². The van der Waals surface area contributed by atoms with Crippen LogP contribution in [0.2, 0.25) is 0 Å². The molecule has 3 rings (SSSR count). The van der Waals surface area contributed by atoms with E-state index in [0.717, 1.165) is 18.7 Å². The summed E-state index contributed by atoms with van der Waals surface area (Å²) in [5, 5.41) is 8.09. The highest BCUT2D eigenvalue weighted by Gasteiger charge is 2.25. The number of hydrogen-bond donors (Lipinski definition) is 1. The molecule has 1 heterocycles. The maximum atomic E-state index is 4.67. The Hall–Kier alpha value is -1.61. The van der Waals surface area contributed by atoms with Gasteiger partial charge in [0.1, 0.15) is 0 Å². The molecule has 0 spiro atoms. The molecule has 20 heavy (non-hydrogen) atoms. The van der Waals surface area contributed by atoms with Crippen molar-refractivity contribution in [1.82, 2.24) is 15.1 Å². The summed E-state index contributed by atoms with van der Waals surface area (Å²) in [6, 6.07) is 7.22. The molecule has 1 atom stereocenters. The molecule has 0 bridgehead atoms. The van der Waals surface area contributed by atoms with Crippen LogP contribution in [0.1, 0.15) is 41.9 Å². The van der Waals surface area contributed by atoms with Crippen molar-refractivity contribution < 1.29 is 0 Å². The molecule has 1 aromatic heterocycles. The summed E-state index contributed by atoms with van der Waals surface area (Å²) in [6.07, 6.45) is 2.36. The Morgan fingerprint density at radius 3 is 2.80 bits per heavy atom. The molecule has 1 N–H and O–H groups in total. The first-order chi connectivity index (χ1) is 9.67. The van der Waals surface area contributed by atoms with E-state index in [-0.39, 0.29) is 0 Å². The maximum Gasteiger partial charge on any atom is 0.0675 e. The van der Waals surface area contributed by atoms with Crippen LogP contribution in [-0.2, 0) is 13.0 Å². The molecule has 1 unspecified atom stereocenters. The molecular formula is C17H23N3. The van der Waals surface area contributed by atoms with E-state index in [9.17, 15) is 0 Å². The van der Waals surface area contributed by atoms with E-state index >= 15 is 0 Å². The van der Waals surface area contributed by atoms with Crippen LogP contribution in [0.5, 0.6) is 0 Å². The summed E-state index contributed by atoms with van der Waals surface area (Å²) < 4.78 is 2.11. The number of rotatable bonds is 3. The summed E-state index contributed by atoms with van der Waals surface area (Å²) in [5.41, 5.74) is 8.12. The minimum Gasteiger partial charge on any atom is -0.313 e. The zero-order valence-corrected chi connectivity index (χ0v) is 12.8. The van der Waals surface area contributed by atoms with Crippen molar-refractivity contribution in [3.63, 3.8) is 0 Å². The molecule has 0 saturated heterocycles. The summed E-state index contributed by atoms with van der Waals surface area (Å²) in [6.45, 7) is 7.39. The molecule has 106 valence electrons. The van der Waals surface area contributed by atoms with Crippen molar-refractivity contribution in [3.05, 3.63) is 40.7 Å². The van der Waals surface area contributed by atoms with E-state index in [0.29, 0.717) is 6.04 Å². The van der Waals surface area contributed by atoms with Crippen molar-refractivity contribution >= 4 is 0 Å². The molecule has 0 aliphatic heterocycles. The van der Waals surface area contributed by atoms with E-state index in [2.05, 4.69) is 61.1 Å². The van der Waals surface area contributed by atoms with Crippen molar-refractivity contribution in [2.24, 2.45) is 0 Å². The zero-order valence-electron chi connectivity index (χ0n) is 12.8. The lowest BCUT2D eigenvalue weighted by Gasteiger charge is -2.12.